The van der Waals surface area contributed by atoms with E-state index in [1.807, 2.05) is 12.1 Å². The summed E-state index contributed by atoms with van der Waals surface area (Å²) >= 11 is 5.75. The monoisotopic (exact) mass is 306 g/mol. The minimum atomic E-state index is -0.622. The molecule has 2 aromatic rings. The van der Waals surface area contributed by atoms with Crippen LogP contribution in [0.4, 0.5) is 4.39 Å². The normalized spacial score (nSPS) is 12.7. The Morgan fingerprint density at radius 1 is 1.05 bits per heavy atom. The summed E-state index contributed by atoms with van der Waals surface area (Å²) in [5.74, 6) is 0.0536. The molecule has 1 N–H and O–H groups in total. The molecule has 2 rings (SSSR count). The van der Waals surface area contributed by atoms with Crippen molar-refractivity contribution >= 4 is 11.6 Å². The maximum absolute atomic E-state index is 13.8. The Morgan fingerprint density at radius 3 is 2.33 bits per heavy atom. The van der Waals surface area contributed by atoms with E-state index in [2.05, 4.69) is 26.0 Å². The van der Waals surface area contributed by atoms with Crippen molar-refractivity contribution in [1.82, 2.24) is 0 Å². The molecule has 0 amide bonds. The molecule has 0 bridgehead atoms. The number of aliphatic hydroxyl groups excluding tert-OH is 1. The largest absolute Gasteiger partial charge is 0.392 e. The molecule has 0 fully saturated rings. The van der Waals surface area contributed by atoms with Crippen LogP contribution in [0, 0.1) is 5.82 Å². The van der Waals surface area contributed by atoms with Gasteiger partial charge in [0.15, 0.2) is 0 Å². The fraction of sp³-hybridized carbons (Fsp3) is 0.333. The van der Waals surface area contributed by atoms with E-state index in [0.717, 1.165) is 5.56 Å². The summed E-state index contributed by atoms with van der Waals surface area (Å²) in [6, 6.07) is 13.1. The Kier molecular flexibility index (Phi) is 5.38. The standard InChI is InChI=1S/C18H20ClFO/c1-12(2)14-8-6-13(7-9-14)10-16(21)11-15-4-3-5-17(19)18(15)20/h3-9,12,16,21H,10-11H2,1-2H3. The minimum Gasteiger partial charge on any atom is -0.392 e. The first kappa shape index (κ1) is 16.0. The van der Waals surface area contributed by atoms with Gasteiger partial charge in [0.1, 0.15) is 5.82 Å². The van der Waals surface area contributed by atoms with Crippen molar-refractivity contribution in [3.8, 4) is 0 Å². The van der Waals surface area contributed by atoms with E-state index < -0.39 is 11.9 Å². The third-order valence-electron chi connectivity index (χ3n) is 3.60. The van der Waals surface area contributed by atoms with E-state index in [1.165, 1.54) is 11.6 Å². The van der Waals surface area contributed by atoms with Crippen molar-refractivity contribution in [2.75, 3.05) is 0 Å². The molecule has 21 heavy (non-hydrogen) atoms. The van der Waals surface area contributed by atoms with Crippen molar-refractivity contribution < 1.29 is 9.50 Å². The highest BCUT2D eigenvalue weighted by molar-refractivity contribution is 6.30. The minimum absolute atomic E-state index is 0.0981. The lowest BCUT2D eigenvalue weighted by molar-refractivity contribution is 0.174. The van der Waals surface area contributed by atoms with Crippen LogP contribution in [0.25, 0.3) is 0 Å². The molecule has 0 heterocycles. The third kappa shape index (κ3) is 4.29. The molecule has 112 valence electrons. The number of benzene rings is 2. The Hall–Kier alpha value is -1.38. The Morgan fingerprint density at radius 2 is 1.71 bits per heavy atom. The molecule has 0 saturated heterocycles. The predicted molar refractivity (Wildman–Crippen MR) is 85.4 cm³/mol. The average molecular weight is 307 g/mol. The molecule has 0 aliphatic carbocycles. The van der Waals surface area contributed by atoms with Gasteiger partial charge in [-0.1, -0.05) is 61.8 Å². The van der Waals surface area contributed by atoms with Gasteiger partial charge in [-0.25, -0.2) is 4.39 Å². The number of hydrogen-bond donors (Lipinski definition) is 1. The second kappa shape index (κ2) is 7.06. The number of hydrogen-bond acceptors (Lipinski definition) is 1. The van der Waals surface area contributed by atoms with Crippen molar-refractivity contribution in [3.05, 3.63) is 70.0 Å². The SMILES string of the molecule is CC(C)c1ccc(CC(O)Cc2cccc(Cl)c2F)cc1. The molecule has 1 atom stereocenters. The molecule has 0 radical (unpaired) electrons. The van der Waals surface area contributed by atoms with E-state index >= 15 is 0 Å². The van der Waals surface area contributed by atoms with Crippen molar-refractivity contribution in [2.45, 2.75) is 38.7 Å². The maximum Gasteiger partial charge on any atom is 0.145 e. The van der Waals surface area contributed by atoms with Crippen LogP contribution >= 0.6 is 11.6 Å². The van der Waals surface area contributed by atoms with Gasteiger partial charge in [-0.3, -0.25) is 0 Å². The van der Waals surface area contributed by atoms with Crippen LogP contribution in [-0.2, 0) is 12.8 Å². The molecule has 1 unspecified atom stereocenters. The molecule has 0 aliphatic rings. The summed E-state index contributed by atoms with van der Waals surface area (Å²) in [6.45, 7) is 4.29. The van der Waals surface area contributed by atoms with Crippen LogP contribution in [-0.4, -0.2) is 11.2 Å². The van der Waals surface area contributed by atoms with Gasteiger partial charge in [0.05, 0.1) is 11.1 Å². The molecular formula is C18H20ClFO. The van der Waals surface area contributed by atoms with Gasteiger partial charge < -0.3 is 5.11 Å². The highest BCUT2D eigenvalue weighted by atomic mass is 35.5. The lowest BCUT2D eigenvalue weighted by Crippen LogP contribution is -2.15. The highest BCUT2D eigenvalue weighted by Gasteiger charge is 2.12. The first-order chi connectivity index (χ1) is 9.97. The van der Waals surface area contributed by atoms with Crippen LogP contribution in [0.1, 0.15) is 36.5 Å². The zero-order valence-corrected chi connectivity index (χ0v) is 13.1. The Balaban J connectivity index is 2.01. The van der Waals surface area contributed by atoms with Crippen LogP contribution in [0.5, 0.6) is 0 Å². The van der Waals surface area contributed by atoms with Gasteiger partial charge in [0.25, 0.3) is 0 Å². The number of aliphatic hydroxyl groups is 1. The third-order valence-corrected chi connectivity index (χ3v) is 3.90. The second-order valence-corrected chi connectivity index (χ2v) is 6.08. The highest BCUT2D eigenvalue weighted by Crippen LogP contribution is 2.20. The average Bonchev–Trinajstić information content (AvgIpc) is 2.44. The van der Waals surface area contributed by atoms with Gasteiger partial charge in [-0.05, 0) is 35.1 Å². The van der Waals surface area contributed by atoms with Crippen LogP contribution < -0.4 is 0 Å². The summed E-state index contributed by atoms with van der Waals surface area (Å²) in [4.78, 5) is 0. The second-order valence-electron chi connectivity index (χ2n) is 5.67. The topological polar surface area (TPSA) is 20.2 Å². The van der Waals surface area contributed by atoms with Crippen LogP contribution in [0.2, 0.25) is 5.02 Å². The lowest BCUT2D eigenvalue weighted by Gasteiger charge is -2.13. The fourth-order valence-corrected chi connectivity index (χ4v) is 2.54. The van der Waals surface area contributed by atoms with Gasteiger partial charge in [-0.15, -0.1) is 0 Å². The predicted octanol–water partition coefficient (Wildman–Crippen LogP) is 4.75. The van der Waals surface area contributed by atoms with E-state index in [9.17, 15) is 9.50 Å². The van der Waals surface area contributed by atoms with E-state index in [-0.39, 0.29) is 11.4 Å². The van der Waals surface area contributed by atoms with Crippen LogP contribution in [0.15, 0.2) is 42.5 Å². The number of rotatable bonds is 5. The van der Waals surface area contributed by atoms with E-state index in [1.54, 1.807) is 12.1 Å². The van der Waals surface area contributed by atoms with Gasteiger partial charge in [0.2, 0.25) is 0 Å². The molecule has 0 aliphatic heterocycles. The summed E-state index contributed by atoms with van der Waals surface area (Å²) < 4.78 is 13.8. The molecule has 0 saturated carbocycles. The smallest absolute Gasteiger partial charge is 0.145 e. The summed E-state index contributed by atoms with van der Waals surface area (Å²) in [5, 5.41) is 10.2. The Bertz CT molecular complexity index is 593. The van der Waals surface area contributed by atoms with Gasteiger partial charge in [-0.2, -0.15) is 0 Å². The lowest BCUT2D eigenvalue weighted by atomic mass is 9.97. The van der Waals surface area contributed by atoms with Gasteiger partial charge >= 0.3 is 0 Å². The van der Waals surface area contributed by atoms with E-state index in [0.29, 0.717) is 17.9 Å². The molecule has 0 spiro atoms. The van der Waals surface area contributed by atoms with Crippen molar-refractivity contribution in [3.63, 3.8) is 0 Å². The first-order valence-electron chi connectivity index (χ1n) is 7.17. The summed E-state index contributed by atoms with van der Waals surface area (Å²) in [5.41, 5.74) is 2.78. The molecule has 0 aromatic heterocycles. The fourth-order valence-electron chi connectivity index (χ4n) is 2.34. The zero-order chi connectivity index (χ0) is 15.4. The molecule has 1 nitrogen and oxygen atoms in total. The molecule has 2 aromatic carbocycles. The molecule has 3 heteroatoms. The summed E-state index contributed by atoms with van der Waals surface area (Å²) in [6.07, 6.45) is 0.144. The van der Waals surface area contributed by atoms with Crippen molar-refractivity contribution in [2.24, 2.45) is 0 Å². The van der Waals surface area contributed by atoms with Gasteiger partial charge in [0, 0.05) is 6.42 Å². The van der Waals surface area contributed by atoms with Crippen LogP contribution in [0.3, 0.4) is 0 Å². The quantitative estimate of drug-likeness (QED) is 0.845. The maximum atomic E-state index is 13.8. The first-order valence-corrected chi connectivity index (χ1v) is 7.55. The van der Waals surface area contributed by atoms with Crippen molar-refractivity contribution in [1.29, 1.82) is 0 Å². The number of halogens is 2. The Labute approximate surface area is 130 Å². The zero-order valence-electron chi connectivity index (χ0n) is 12.3. The summed E-state index contributed by atoms with van der Waals surface area (Å²) in [7, 11) is 0. The van der Waals surface area contributed by atoms with E-state index in [4.69, 9.17) is 11.6 Å². The molecular weight excluding hydrogens is 287 g/mol.